The summed E-state index contributed by atoms with van der Waals surface area (Å²) in [5.74, 6) is 0.346. The van der Waals surface area contributed by atoms with Gasteiger partial charge in [0.1, 0.15) is 5.82 Å². The Morgan fingerprint density at radius 1 is 1.27 bits per heavy atom. The van der Waals surface area contributed by atoms with Gasteiger partial charge in [-0.25, -0.2) is 4.98 Å². The normalized spacial score (nSPS) is 11.6. The number of phenolic OH excluding ortho intramolecular Hbond substituents is 1. The molecule has 5 nitrogen and oxygen atoms in total. The fourth-order valence-corrected chi connectivity index (χ4v) is 1.60. The van der Waals surface area contributed by atoms with Gasteiger partial charge in [0.2, 0.25) is 0 Å². The monoisotopic (exact) mass is 311 g/mol. The van der Waals surface area contributed by atoms with E-state index in [4.69, 9.17) is 4.74 Å². The predicted octanol–water partition coefficient (Wildman–Crippen LogP) is 3.26. The molecule has 2 rings (SSSR count). The highest BCUT2D eigenvalue weighted by atomic mass is 19.4. The second-order valence-electron chi connectivity index (χ2n) is 4.20. The lowest BCUT2D eigenvalue weighted by atomic mass is 10.2. The van der Waals surface area contributed by atoms with Gasteiger partial charge in [-0.15, -0.1) is 0 Å². The van der Waals surface area contributed by atoms with Gasteiger partial charge in [0.15, 0.2) is 11.5 Å². The lowest BCUT2D eigenvalue weighted by Crippen LogP contribution is -2.05. The summed E-state index contributed by atoms with van der Waals surface area (Å²) in [6.45, 7) is 0. The average molecular weight is 311 g/mol. The molecular weight excluding hydrogens is 299 g/mol. The second kappa shape index (κ2) is 6.33. The molecule has 0 aliphatic carbocycles. The lowest BCUT2D eigenvalue weighted by Gasteiger charge is -2.06. The Bertz CT molecular complexity index is 670. The molecule has 1 aromatic heterocycles. The highest BCUT2D eigenvalue weighted by Gasteiger charge is 2.30. The van der Waals surface area contributed by atoms with Gasteiger partial charge < -0.3 is 9.84 Å². The molecule has 22 heavy (non-hydrogen) atoms. The van der Waals surface area contributed by atoms with Gasteiger partial charge in [-0.3, -0.25) is 5.43 Å². The Morgan fingerprint density at radius 2 is 2.05 bits per heavy atom. The molecule has 0 unspecified atom stereocenters. The molecule has 8 heteroatoms. The molecule has 0 saturated heterocycles. The van der Waals surface area contributed by atoms with Crippen molar-refractivity contribution in [1.82, 2.24) is 4.98 Å². The molecule has 0 radical (unpaired) electrons. The summed E-state index contributed by atoms with van der Waals surface area (Å²) < 4.78 is 42.1. The van der Waals surface area contributed by atoms with Gasteiger partial charge in [-0.2, -0.15) is 18.3 Å². The van der Waals surface area contributed by atoms with Crippen LogP contribution in [0.15, 0.2) is 41.6 Å². The van der Waals surface area contributed by atoms with E-state index in [1.807, 2.05) is 0 Å². The number of phenols is 1. The van der Waals surface area contributed by atoms with E-state index in [1.165, 1.54) is 13.3 Å². The fraction of sp³-hybridized carbons (Fsp3) is 0.143. The third-order valence-corrected chi connectivity index (χ3v) is 2.72. The van der Waals surface area contributed by atoms with E-state index in [0.717, 1.165) is 12.1 Å². The largest absolute Gasteiger partial charge is 0.504 e. The zero-order chi connectivity index (χ0) is 16.2. The highest BCUT2D eigenvalue weighted by molar-refractivity contribution is 5.85. The van der Waals surface area contributed by atoms with Crippen LogP contribution in [-0.4, -0.2) is 23.4 Å². The van der Waals surface area contributed by atoms with E-state index in [2.05, 4.69) is 15.5 Å². The number of nitrogens with zero attached hydrogens (tertiary/aromatic N) is 2. The van der Waals surface area contributed by atoms with E-state index in [1.54, 1.807) is 18.2 Å². The van der Waals surface area contributed by atoms with E-state index in [-0.39, 0.29) is 17.3 Å². The summed E-state index contributed by atoms with van der Waals surface area (Å²) in [6.07, 6.45) is -2.42. The first kappa shape index (κ1) is 15.6. The Balaban J connectivity index is 2.07. The number of nitrogens with one attached hydrogen (secondary N) is 1. The van der Waals surface area contributed by atoms with Gasteiger partial charge in [0.05, 0.1) is 18.9 Å². The number of hydrazone groups is 1. The van der Waals surface area contributed by atoms with Crippen molar-refractivity contribution >= 4 is 12.0 Å². The molecule has 0 saturated carbocycles. The van der Waals surface area contributed by atoms with Gasteiger partial charge >= 0.3 is 6.18 Å². The number of pyridine rings is 1. The molecule has 0 spiro atoms. The van der Waals surface area contributed by atoms with Crippen molar-refractivity contribution in [2.45, 2.75) is 6.18 Å². The van der Waals surface area contributed by atoms with E-state index in [0.29, 0.717) is 11.8 Å². The number of hydrogen-bond donors (Lipinski definition) is 2. The highest BCUT2D eigenvalue weighted by Crippen LogP contribution is 2.29. The maximum atomic E-state index is 12.4. The average Bonchev–Trinajstić information content (AvgIpc) is 2.48. The minimum Gasteiger partial charge on any atom is -0.504 e. The number of aromatic nitrogens is 1. The molecule has 0 atom stereocenters. The number of halogens is 3. The zero-order valence-electron chi connectivity index (χ0n) is 11.4. The number of alkyl halides is 3. The van der Waals surface area contributed by atoms with Crippen LogP contribution in [0.1, 0.15) is 11.1 Å². The Labute approximate surface area is 124 Å². The number of benzene rings is 1. The van der Waals surface area contributed by atoms with Crippen LogP contribution in [0.4, 0.5) is 19.0 Å². The van der Waals surface area contributed by atoms with Crippen LogP contribution in [0, 0.1) is 0 Å². The lowest BCUT2D eigenvalue weighted by molar-refractivity contribution is -0.137. The van der Waals surface area contributed by atoms with Crippen LogP contribution in [0.25, 0.3) is 0 Å². The molecular formula is C14H12F3N3O2. The zero-order valence-corrected chi connectivity index (χ0v) is 11.4. The molecule has 0 fully saturated rings. The summed E-state index contributed by atoms with van der Waals surface area (Å²) in [7, 11) is 1.42. The molecule has 0 bridgehead atoms. The number of ether oxygens (including phenoxy) is 1. The summed E-state index contributed by atoms with van der Waals surface area (Å²) in [6, 6.07) is 6.90. The van der Waals surface area contributed by atoms with Crippen LogP contribution < -0.4 is 10.2 Å². The number of rotatable bonds is 4. The number of methoxy groups -OCH3 is 1. The molecule has 0 amide bonds. The first-order valence-corrected chi connectivity index (χ1v) is 6.10. The van der Waals surface area contributed by atoms with Crippen LogP contribution in [-0.2, 0) is 6.18 Å². The summed E-state index contributed by atoms with van der Waals surface area (Å²) in [5, 5.41) is 13.6. The smallest absolute Gasteiger partial charge is 0.417 e. The number of anilines is 1. The van der Waals surface area contributed by atoms with Crippen LogP contribution >= 0.6 is 0 Å². The van der Waals surface area contributed by atoms with Gasteiger partial charge in [-0.05, 0) is 24.3 Å². The quantitative estimate of drug-likeness (QED) is 0.672. The Kier molecular flexibility index (Phi) is 4.50. The molecule has 0 aliphatic rings. The van der Waals surface area contributed by atoms with E-state index in [9.17, 15) is 18.3 Å². The minimum atomic E-state index is -4.43. The SMILES string of the molecule is COc1cccc(/C=N\Nc2ccc(C(F)(F)F)cn2)c1O. The van der Waals surface area contributed by atoms with Gasteiger partial charge in [-0.1, -0.05) is 6.07 Å². The van der Waals surface area contributed by atoms with Crippen molar-refractivity contribution in [2.24, 2.45) is 5.10 Å². The Hall–Kier alpha value is -2.77. The van der Waals surface area contributed by atoms with Crippen LogP contribution in [0.2, 0.25) is 0 Å². The van der Waals surface area contributed by atoms with Crippen LogP contribution in [0.5, 0.6) is 11.5 Å². The van der Waals surface area contributed by atoms with E-state index >= 15 is 0 Å². The van der Waals surface area contributed by atoms with Gasteiger partial charge in [0.25, 0.3) is 0 Å². The fourth-order valence-electron chi connectivity index (χ4n) is 1.60. The summed E-state index contributed by atoms with van der Waals surface area (Å²) >= 11 is 0. The first-order chi connectivity index (χ1) is 10.4. The van der Waals surface area contributed by atoms with Crippen molar-refractivity contribution in [3.63, 3.8) is 0 Å². The number of para-hydroxylation sites is 1. The molecule has 116 valence electrons. The molecule has 2 aromatic rings. The van der Waals surface area contributed by atoms with Crippen molar-refractivity contribution in [3.8, 4) is 11.5 Å². The number of aromatic hydroxyl groups is 1. The topological polar surface area (TPSA) is 66.7 Å². The van der Waals surface area contributed by atoms with Crippen molar-refractivity contribution in [1.29, 1.82) is 0 Å². The molecule has 1 aromatic carbocycles. The van der Waals surface area contributed by atoms with Crippen molar-refractivity contribution in [3.05, 3.63) is 47.7 Å². The summed E-state index contributed by atoms with van der Waals surface area (Å²) in [4.78, 5) is 3.60. The van der Waals surface area contributed by atoms with Gasteiger partial charge in [0, 0.05) is 11.8 Å². The van der Waals surface area contributed by atoms with Crippen molar-refractivity contribution < 1.29 is 23.0 Å². The Morgan fingerprint density at radius 3 is 2.64 bits per heavy atom. The molecule has 1 heterocycles. The van der Waals surface area contributed by atoms with Crippen LogP contribution in [0.3, 0.4) is 0 Å². The third kappa shape index (κ3) is 3.66. The first-order valence-electron chi connectivity index (χ1n) is 6.10. The maximum Gasteiger partial charge on any atom is 0.417 e. The van der Waals surface area contributed by atoms with E-state index < -0.39 is 11.7 Å². The summed E-state index contributed by atoms with van der Waals surface area (Å²) in [5.41, 5.74) is 2.02. The molecule has 2 N–H and O–H groups in total. The maximum absolute atomic E-state index is 12.4. The standard InChI is InChI=1S/C14H12F3N3O2/c1-22-11-4-2-3-9(13(11)21)7-19-20-12-6-5-10(8-18-12)14(15,16)17/h2-8,21H,1H3,(H,18,20)/b19-7-. The second-order valence-corrected chi connectivity index (χ2v) is 4.20. The third-order valence-electron chi connectivity index (χ3n) is 2.72. The molecule has 0 aliphatic heterocycles. The van der Waals surface area contributed by atoms with Crippen molar-refractivity contribution in [2.75, 3.05) is 12.5 Å². The predicted molar refractivity (Wildman–Crippen MR) is 75.1 cm³/mol. The minimum absolute atomic E-state index is 0.0871. The number of hydrogen-bond acceptors (Lipinski definition) is 5.